The monoisotopic (exact) mass is 577 g/mol. The molecule has 2 aliphatic carbocycles. The first kappa shape index (κ1) is 32.3. The number of hydrogen-bond acceptors (Lipinski definition) is 1. The molecule has 0 fully saturated rings. The number of nitrogens with zero attached hydrogens (tertiary/aromatic N) is 1. The molecule has 0 saturated heterocycles. The van der Waals surface area contributed by atoms with Crippen LogP contribution in [0.5, 0.6) is 0 Å². The summed E-state index contributed by atoms with van der Waals surface area (Å²) in [6, 6.07) is 19.2. The summed E-state index contributed by atoms with van der Waals surface area (Å²) in [4.78, 5) is 2.14. The van der Waals surface area contributed by atoms with E-state index in [1.165, 1.54) is 27.8 Å². The summed E-state index contributed by atoms with van der Waals surface area (Å²) in [7, 11) is 0. The Balaban J connectivity index is 1.53. The second-order valence-electron chi connectivity index (χ2n) is 11.2. The number of rotatable bonds is 13. The molecule has 224 valence electrons. The molecule has 0 spiro atoms. The molecular weight excluding hydrogens is 530 g/mol. The number of anilines is 1. The van der Waals surface area contributed by atoms with Crippen LogP contribution in [0.4, 0.5) is 5.69 Å². The molecule has 2 aromatic rings. The van der Waals surface area contributed by atoms with E-state index in [1.807, 2.05) is 37.3 Å². The highest BCUT2D eigenvalue weighted by molar-refractivity contribution is 5.68. The van der Waals surface area contributed by atoms with Gasteiger partial charge in [0, 0.05) is 17.6 Å². The van der Waals surface area contributed by atoms with Crippen molar-refractivity contribution in [1.29, 1.82) is 0 Å². The lowest BCUT2D eigenvalue weighted by Gasteiger charge is -2.23. The summed E-state index contributed by atoms with van der Waals surface area (Å²) in [6.45, 7) is 10.9. The first-order chi connectivity index (χ1) is 21.6. The zero-order valence-corrected chi connectivity index (χ0v) is 26.7. The van der Waals surface area contributed by atoms with Gasteiger partial charge in [0.05, 0.1) is 0 Å². The van der Waals surface area contributed by atoms with E-state index in [9.17, 15) is 0 Å². The number of benzene rings is 2. The summed E-state index contributed by atoms with van der Waals surface area (Å²) in [5.41, 5.74) is 10.2. The SMILES string of the molecule is C=C(/C=C\CC(/C=C\C)=C/C(C)C1=C(C2=CC=CCC2)CCC=C1)N(/C=C/C=C\C=C/C)c1ccc(-c2ccccc2)cc1. The molecule has 1 nitrogen and oxygen atoms in total. The van der Waals surface area contributed by atoms with Crippen molar-refractivity contribution in [3.8, 4) is 11.1 Å². The molecule has 0 radical (unpaired) electrons. The first-order valence-corrected chi connectivity index (χ1v) is 16.0. The van der Waals surface area contributed by atoms with Crippen LogP contribution in [0.2, 0.25) is 0 Å². The van der Waals surface area contributed by atoms with Gasteiger partial charge in [0.2, 0.25) is 0 Å². The molecule has 0 saturated carbocycles. The Hall–Kier alpha value is -4.62. The minimum Gasteiger partial charge on any atom is -0.318 e. The fourth-order valence-electron chi connectivity index (χ4n) is 5.71. The van der Waals surface area contributed by atoms with E-state index in [0.29, 0.717) is 5.92 Å². The summed E-state index contributed by atoms with van der Waals surface area (Å²) < 4.78 is 0. The van der Waals surface area contributed by atoms with Crippen molar-refractivity contribution >= 4 is 5.69 Å². The molecule has 1 atom stereocenters. The van der Waals surface area contributed by atoms with Crippen LogP contribution in [-0.4, -0.2) is 0 Å². The number of hydrogen-bond donors (Lipinski definition) is 0. The molecule has 4 rings (SSSR count). The maximum atomic E-state index is 4.45. The van der Waals surface area contributed by atoms with Crippen LogP contribution in [-0.2, 0) is 0 Å². The average Bonchev–Trinajstić information content (AvgIpc) is 3.07. The van der Waals surface area contributed by atoms with E-state index >= 15 is 0 Å². The topological polar surface area (TPSA) is 3.24 Å². The van der Waals surface area contributed by atoms with Crippen LogP contribution < -0.4 is 4.90 Å². The largest absolute Gasteiger partial charge is 0.318 e. The van der Waals surface area contributed by atoms with Crippen LogP contribution in [0.25, 0.3) is 11.1 Å². The third kappa shape index (κ3) is 9.44. The van der Waals surface area contributed by atoms with E-state index in [4.69, 9.17) is 0 Å². The van der Waals surface area contributed by atoms with E-state index in [1.54, 1.807) is 5.57 Å². The molecule has 0 N–H and O–H groups in total. The second-order valence-corrected chi connectivity index (χ2v) is 11.2. The predicted octanol–water partition coefficient (Wildman–Crippen LogP) is 12.3. The fraction of sp³-hybridized carbons (Fsp3) is 0.209. The lowest BCUT2D eigenvalue weighted by Crippen LogP contribution is -2.12. The zero-order valence-electron chi connectivity index (χ0n) is 26.7. The highest BCUT2D eigenvalue weighted by Gasteiger charge is 2.17. The average molecular weight is 578 g/mol. The number of allylic oxidation sites excluding steroid dienone is 19. The van der Waals surface area contributed by atoms with Crippen molar-refractivity contribution in [2.24, 2.45) is 5.92 Å². The van der Waals surface area contributed by atoms with Gasteiger partial charge in [-0.1, -0.05) is 135 Å². The molecule has 1 heteroatoms. The second kappa shape index (κ2) is 17.5. The third-order valence-corrected chi connectivity index (χ3v) is 7.93. The normalized spacial score (nSPS) is 16.7. The molecule has 1 unspecified atom stereocenters. The summed E-state index contributed by atoms with van der Waals surface area (Å²) in [5, 5.41) is 0. The highest BCUT2D eigenvalue weighted by Crippen LogP contribution is 2.34. The predicted molar refractivity (Wildman–Crippen MR) is 194 cm³/mol. The first-order valence-electron chi connectivity index (χ1n) is 16.0. The van der Waals surface area contributed by atoms with Crippen molar-refractivity contribution in [2.75, 3.05) is 4.90 Å². The Bertz CT molecular complexity index is 1540. The van der Waals surface area contributed by atoms with E-state index in [0.717, 1.165) is 43.5 Å². The maximum Gasteiger partial charge on any atom is 0.0455 e. The van der Waals surface area contributed by atoms with Crippen molar-refractivity contribution in [3.63, 3.8) is 0 Å². The fourth-order valence-corrected chi connectivity index (χ4v) is 5.71. The van der Waals surface area contributed by atoms with Gasteiger partial charge in [0.15, 0.2) is 0 Å². The van der Waals surface area contributed by atoms with Gasteiger partial charge >= 0.3 is 0 Å². The van der Waals surface area contributed by atoms with E-state index in [-0.39, 0.29) is 0 Å². The van der Waals surface area contributed by atoms with Gasteiger partial charge in [0.1, 0.15) is 0 Å². The lowest BCUT2D eigenvalue weighted by atomic mass is 9.82. The van der Waals surface area contributed by atoms with Crippen LogP contribution >= 0.6 is 0 Å². The van der Waals surface area contributed by atoms with Crippen LogP contribution in [0.15, 0.2) is 187 Å². The lowest BCUT2D eigenvalue weighted by molar-refractivity contribution is 0.804. The van der Waals surface area contributed by atoms with Crippen LogP contribution in [0, 0.1) is 5.92 Å². The van der Waals surface area contributed by atoms with Gasteiger partial charge in [-0.05, 0) is 110 Å². The molecule has 2 aromatic carbocycles. The summed E-state index contributed by atoms with van der Waals surface area (Å²) in [5.74, 6) is 0.350. The molecule has 0 aliphatic heterocycles. The highest BCUT2D eigenvalue weighted by atomic mass is 15.1. The van der Waals surface area contributed by atoms with Gasteiger partial charge < -0.3 is 4.90 Å². The maximum absolute atomic E-state index is 4.45. The zero-order chi connectivity index (χ0) is 31.0. The Morgan fingerprint density at radius 3 is 2.32 bits per heavy atom. The molecular formula is C43H47N. The smallest absolute Gasteiger partial charge is 0.0455 e. The quantitative estimate of drug-likeness (QED) is 0.214. The van der Waals surface area contributed by atoms with Crippen LogP contribution in [0.1, 0.15) is 52.9 Å². The third-order valence-electron chi connectivity index (χ3n) is 7.93. The van der Waals surface area contributed by atoms with Crippen molar-refractivity contribution in [1.82, 2.24) is 0 Å². The molecule has 44 heavy (non-hydrogen) atoms. The Morgan fingerprint density at radius 2 is 1.59 bits per heavy atom. The standard InChI is InChI=1S/C43H47N/c1-5-7-8-9-18-33-44(41-31-29-39(30-32-41)38-23-12-10-13-24-38)36(4)21-19-22-37(20-6-2)34-35(3)42-27-16-17-28-43(42)40-25-14-11-15-26-40/h5-14,16,18-21,23-25,27,29-35H,4,15,17,22,26,28H2,1-3H3/b7-5-,9-8-,20-6-,21-19-,33-18+,37-34+. The molecule has 0 bridgehead atoms. The molecule has 0 aromatic heterocycles. The molecule has 0 heterocycles. The van der Waals surface area contributed by atoms with Gasteiger partial charge in [-0.2, -0.15) is 0 Å². The molecule has 0 amide bonds. The van der Waals surface area contributed by atoms with E-state index < -0.39 is 0 Å². The minimum atomic E-state index is 0.350. The Labute approximate surface area is 266 Å². The summed E-state index contributed by atoms with van der Waals surface area (Å²) in [6.07, 6.45) is 40.4. The minimum absolute atomic E-state index is 0.350. The Morgan fingerprint density at radius 1 is 0.841 bits per heavy atom. The Kier molecular flexibility index (Phi) is 12.8. The van der Waals surface area contributed by atoms with Gasteiger partial charge in [-0.25, -0.2) is 0 Å². The van der Waals surface area contributed by atoms with Gasteiger partial charge in [-0.15, -0.1) is 0 Å². The van der Waals surface area contributed by atoms with Crippen molar-refractivity contribution in [2.45, 2.75) is 52.9 Å². The van der Waals surface area contributed by atoms with Crippen molar-refractivity contribution < 1.29 is 0 Å². The molecule has 2 aliphatic rings. The van der Waals surface area contributed by atoms with E-state index in [2.05, 4.69) is 147 Å². The van der Waals surface area contributed by atoms with Crippen LogP contribution in [0.3, 0.4) is 0 Å². The summed E-state index contributed by atoms with van der Waals surface area (Å²) >= 11 is 0. The van der Waals surface area contributed by atoms with Crippen molar-refractivity contribution in [3.05, 3.63) is 187 Å². The van der Waals surface area contributed by atoms with Gasteiger partial charge in [0.25, 0.3) is 0 Å². The van der Waals surface area contributed by atoms with Gasteiger partial charge in [-0.3, -0.25) is 0 Å².